The van der Waals surface area contributed by atoms with Gasteiger partial charge in [0.15, 0.2) is 6.10 Å². The number of hydrogen-bond acceptors (Lipinski definition) is 11. The van der Waals surface area contributed by atoms with E-state index in [-0.39, 0.29) is 0 Å². The number of hydrogen-bond donors (Lipinski definition) is 5. The Bertz CT molecular complexity index is 802. The summed E-state index contributed by atoms with van der Waals surface area (Å²) >= 11 is 1.87. The molecule has 11 heteroatoms. The van der Waals surface area contributed by atoms with E-state index in [0.717, 1.165) is 74.9 Å². The van der Waals surface area contributed by atoms with Gasteiger partial charge in [0.05, 0.1) is 24.4 Å². The van der Waals surface area contributed by atoms with E-state index < -0.39 is 40.8 Å². The van der Waals surface area contributed by atoms with Crippen LogP contribution in [0.5, 0.6) is 0 Å². The van der Waals surface area contributed by atoms with Gasteiger partial charge in [-0.05, 0) is 25.7 Å². The van der Waals surface area contributed by atoms with Crippen LogP contribution >= 0.6 is 23.5 Å². The van der Waals surface area contributed by atoms with Gasteiger partial charge in [-0.3, -0.25) is 19.4 Å². The van der Waals surface area contributed by atoms with Crippen LogP contribution in [0.1, 0.15) is 207 Å². The molecule has 0 radical (unpaired) electrons. The first-order valence-corrected chi connectivity index (χ1v) is 26.2. The molecule has 0 bridgehead atoms. The highest BCUT2D eigenvalue weighted by molar-refractivity contribution is 8.16. The summed E-state index contributed by atoms with van der Waals surface area (Å²) in [6.07, 6.45) is 26.8. The van der Waals surface area contributed by atoms with Crippen molar-refractivity contribution in [3.8, 4) is 0 Å². The predicted octanol–water partition coefficient (Wildman–Crippen LogP) is 9.92. The van der Waals surface area contributed by atoms with Gasteiger partial charge in [0.2, 0.25) is 10.2 Å². The molecule has 0 aliphatic rings. The number of rotatable bonds is 44. The Morgan fingerprint density at radius 3 is 0.845 bits per heavy atom. The lowest BCUT2D eigenvalue weighted by molar-refractivity contribution is -0.128. The van der Waals surface area contributed by atoms with Crippen LogP contribution in [0, 0.1) is 0 Å². The summed E-state index contributed by atoms with van der Waals surface area (Å²) in [5.41, 5.74) is 0. The lowest BCUT2D eigenvalue weighted by Gasteiger charge is -2.27. The molecule has 0 rings (SSSR count). The molecule has 0 aliphatic carbocycles. The second kappa shape index (κ2) is 42.1. The van der Waals surface area contributed by atoms with E-state index in [0.29, 0.717) is 76.5 Å². The number of carbonyl (C=O) groups excluding carboxylic acids is 2. The Morgan fingerprint density at radius 1 is 0.379 bits per heavy atom. The first kappa shape index (κ1) is 57.8. The predicted molar refractivity (Wildman–Crippen MR) is 250 cm³/mol. The molecule has 0 heterocycles. The van der Waals surface area contributed by atoms with Crippen LogP contribution in [0.25, 0.3) is 0 Å². The highest BCUT2D eigenvalue weighted by atomic mass is 32.2. The third-order valence-electron chi connectivity index (χ3n) is 11.2. The van der Waals surface area contributed by atoms with Gasteiger partial charge in [0.25, 0.3) is 0 Å². The molecule has 0 aromatic carbocycles. The number of aliphatic hydroxyl groups is 5. The standard InChI is InChI=1S/C47H94N2O7S2/c1-5-9-13-17-21-25-29-41(50)37-48(38-42(51)30-26-22-18-14-10-6-2)33-35-57-46(55)45(54)47(56)58-36-34-49(39-43(52)31-27-23-19-15-11-7-3)40-44(53)32-28-24-20-16-12-8-4/h41-45,50-54H,5-40H2,1-4H3. The van der Waals surface area contributed by atoms with Crippen LogP contribution in [0.2, 0.25) is 0 Å². The summed E-state index contributed by atoms with van der Waals surface area (Å²) in [6.45, 7) is 11.4. The fourth-order valence-corrected chi connectivity index (χ4v) is 9.22. The summed E-state index contributed by atoms with van der Waals surface area (Å²) in [6, 6.07) is 0. The summed E-state index contributed by atoms with van der Waals surface area (Å²) in [7, 11) is 0. The summed E-state index contributed by atoms with van der Waals surface area (Å²) in [5.74, 6) is 0.699. The molecule has 5 N–H and O–H groups in total. The Labute approximate surface area is 366 Å². The number of unbranched alkanes of at least 4 members (excludes halogenated alkanes) is 20. The van der Waals surface area contributed by atoms with Crippen molar-refractivity contribution in [2.24, 2.45) is 0 Å². The van der Waals surface area contributed by atoms with E-state index in [9.17, 15) is 35.1 Å². The molecule has 0 saturated heterocycles. The number of carbonyl (C=O) groups is 2. The molecule has 0 aliphatic heterocycles. The van der Waals surface area contributed by atoms with Crippen LogP contribution in [-0.4, -0.2) is 127 Å². The average molecular weight is 863 g/mol. The second-order valence-electron chi connectivity index (χ2n) is 17.1. The van der Waals surface area contributed by atoms with Crippen molar-refractivity contribution in [1.29, 1.82) is 0 Å². The molecule has 0 spiro atoms. The minimum Gasteiger partial charge on any atom is -0.392 e. The molecule has 9 nitrogen and oxygen atoms in total. The molecule has 0 amide bonds. The lowest BCUT2D eigenvalue weighted by Crippen LogP contribution is -2.40. The highest BCUT2D eigenvalue weighted by Crippen LogP contribution is 2.18. The number of aliphatic hydroxyl groups excluding tert-OH is 5. The van der Waals surface area contributed by atoms with Crippen molar-refractivity contribution >= 4 is 33.8 Å². The Balaban J connectivity index is 5.04. The molecular weight excluding hydrogens is 769 g/mol. The zero-order valence-electron chi connectivity index (χ0n) is 38.1. The minimum absolute atomic E-state index is 0.349. The van der Waals surface area contributed by atoms with Crippen molar-refractivity contribution in [3.63, 3.8) is 0 Å². The smallest absolute Gasteiger partial charge is 0.226 e. The van der Waals surface area contributed by atoms with Crippen molar-refractivity contribution in [2.75, 3.05) is 50.8 Å². The van der Waals surface area contributed by atoms with Gasteiger partial charge in [-0.15, -0.1) is 0 Å². The maximum atomic E-state index is 12.9. The first-order chi connectivity index (χ1) is 28.1. The molecule has 0 saturated carbocycles. The molecule has 4 atom stereocenters. The summed E-state index contributed by atoms with van der Waals surface area (Å²) in [4.78, 5) is 30.0. The van der Waals surface area contributed by atoms with Crippen LogP contribution < -0.4 is 0 Å². The van der Waals surface area contributed by atoms with Crippen molar-refractivity contribution in [1.82, 2.24) is 9.80 Å². The summed E-state index contributed by atoms with van der Waals surface area (Å²) in [5, 5.41) is 52.9. The molecule has 58 heavy (non-hydrogen) atoms. The van der Waals surface area contributed by atoms with Gasteiger partial charge in [-0.25, -0.2) is 0 Å². The lowest BCUT2D eigenvalue weighted by atomic mass is 10.1. The van der Waals surface area contributed by atoms with Crippen LogP contribution in [0.3, 0.4) is 0 Å². The van der Waals surface area contributed by atoms with E-state index in [1.807, 2.05) is 9.80 Å². The normalized spacial score (nSPS) is 14.6. The van der Waals surface area contributed by atoms with E-state index in [1.165, 1.54) is 103 Å². The SMILES string of the molecule is CCCCCCCCC(O)CN(CCSC(=O)C(O)C(=O)SCCN(CC(O)CCCCCCCC)CC(O)CCCCCCCC)CC(O)CCCCCCCC. The number of thioether (sulfide) groups is 2. The molecule has 346 valence electrons. The van der Waals surface area contributed by atoms with Gasteiger partial charge in [-0.1, -0.05) is 205 Å². The molecule has 4 unspecified atom stereocenters. The van der Waals surface area contributed by atoms with Crippen LogP contribution in [0.15, 0.2) is 0 Å². The van der Waals surface area contributed by atoms with Gasteiger partial charge in [0.1, 0.15) is 0 Å². The first-order valence-electron chi connectivity index (χ1n) is 24.3. The maximum absolute atomic E-state index is 12.9. The third-order valence-corrected chi connectivity index (χ3v) is 13.0. The number of nitrogens with zero attached hydrogens (tertiary/aromatic N) is 2. The quantitative estimate of drug-likeness (QED) is 0.0295. The molecular formula is C47H94N2O7S2. The highest BCUT2D eigenvalue weighted by Gasteiger charge is 2.26. The fraction of sp³-hybridized carbons (Fsp3) is 0.957. The average Bonchev–Trinajstić information content (AvgIpc) is 3.19. The minimum atomic E-state index is -1.73. The van der Waals surface area contributed by atoms with Gasteiger partial charge >= 0.3 is 0 Å². The second-order valence-corrected chi connectivity index (χ2v) is 19.3. The van der Waals surface area contributed by atoms with Gasteiger partial charge < -0.3 is 25.5 Å². The Kier molecular flexibility index (Phi) is 41.9. The largest absolute Gasteiger partial charge is 0.392 e. The van der Waals surface area contributed by atoms with Crippen LogP contribution in [0.4, 0.5) is 0 Å². The summed E-state index contributed by atoms with van der Waals surface area (Å²) < 4.78 is 0. The molecule has 0 aromatic heterocycles. The van der Waals surface area contributed by atoms with Gasteiger partial charge in [-0.2, -0.15) is 0 Å². The van der Waals surface area contributed by atoms with Gasteiger partial charge in [0, 0.05) is 50.8 Å². The molecule has 0 fully saturated rings. The Morgan fingerprint density at radius 2 is 0.603 bits per heavy atom. The third kappa shape index (κ3) is 36.4. The van der Waals surface area contributed by atoms with E-state index >= 15 is 0 Å². The maximum Gasteiger partial charge on any atom is 0.226 e. The van der Waals surface area contributed by atoms with Crippen LogP contribution in [-0.2, 0) is 9.59 Å². The zero-order chi connectivity index (χ0) is 43.1. The molecule has 0 aromatic rings. The fourth-order valence-electron chi connectivity index (χ4n) is 7.52. The topological polar surface area (TPSA) is 142 Å². The van der Waals surface area contributed by atoms with E-state index in [4.69, 9.17) is 0 Å². The Hall–Kier alpha value is -0.240. The monoisotopic (exact) mass is 863 g/mol. The van der Waals surface area contributed by atoms with E-state index in [2.05, 4.69) is 27.7 Å². The van der Waals surface area contributed by atoms with Crippen molar-refractivity contribution in [2.45, 2.75) is 238 Å². The van der Waals surface area contributed by atoms with Crippen molar-refractivity contribution in [3.05, 3.63) is 0 Å². The zero-order valence-corrected chi connectivity index (χ0v) is 39.7. The van der Waals surface area contributed by atoms with E-state index in [1.54, 1.807) is 0 Å². The van der Waals surface area contributed by atoms with Crippen molar-refractivity contribution < 1.29 is 35.1 Å².